The summed E-state index contributed by atoms with van der Waals surface area (Å²) in [6, 6.07) is 1.00. The Labute approximate surface area is 174 Å². The molecule has 2 aliphatic rings. The average Bonchev–Trinajstić information content (AvgIpc) is 3.34. The molecule has 7 heteroatoms. The lowest BCUT2D eigenvalue weighted by Gasteiger charge is -2.39. The highest BCUT2D eigenvalue weighted by atomic mass is 15.6. The summed E-state index contributed by atoms with van der Waals surface area (Å²) in [5.74, 6) is 1.04. The molecule has 0 bridgehead atoms. The van der Waals surface area contributed by atoms with Crippen molar-refractivity contribution in [3.63, 3.8) is 0 Å². The first kappa shape index (κ1) is 21.3. The van der Waals surface area contributed by atoms with Crippen LogP contribution in [0.4, 0.5) is 0 Å². The van der Waals surface area contributed by atoms with Crippen molar-refractivity contribution < 1.29 is 0 Å². The van der Waals surface area contributed by atoms with Crippen molar-refractivity contribution in [2.45, 2.75) is 50.4 Å². The standard InChI is InChI=1S/C22H35N7/c1-7-17(18-15-24-27(4)16-18)14-25-29(6)22(2)13-12-21(26-22)28(5)20-11-9-8-10-19(20)23-3/h7,12-16,19-20,23,25H,1,8-11H2,2-6H3/b17-14+. The molecule has 1 aromatic rings. The van der Waals surface area contributed by atoms with Gasteiger partial charge in [-0.2, -0.15) is 10.1 Å². The van der Waals surface area contributed by atoms with Crippen molar-refractivity contribution in [1.29, 1.82) is 0 Å². The van der Waals surface area contributed by atoms with Gasteiger partial charge in [0.25, 0.3) is 0 Å². The SMILES string of the molecule is C=C/C(=C\NN(C)C1(C)C=CC(N(C)C2CCCCC2NC)=N1)c1cnn(C)c1. The van der Waals surface area contributed by atoms with Gasteiger partial charge in [0.2, 0.25) is 0 Å². The minimum absolute atomic E-state index is 0.453. The third-order valence-electron chi connectivity index (χ3n) is 6.20. The first-order chi connectivity index (χ1) is 13.9. The van der Waals surface area contributed by atoms with Crippen LogP contribution in [0.1, 0.15) is 38.2 Å². The monoisotopic (exact) mass is 397 g/mol. The predicted octanol–water partition coefficient (Wildman–Crippen LogP) is 2.53. The van der Waals surface area contributed by atoms with E-state index in [1.165, 1.54) is 25.7 Å². The summed E-state index contributed by atoms with van der Waals surface area (Å²) in [4.78, 5) is 7.38. The van der Waals surface area contributed by atoms with Crippen LogP contribution in [0, 0.1) is 0 Å². The van der Waals surface area contributed by atoms with E-state index in [-0.39, 0.29) is 0 Å². The molecule has 2 N–H and O–H groups in total. The van der Waals surface area contributed by atoms with E-state index in [0.29, 0.717) is 12.1 Å². The van der Waals surface area contributed by atoms with Gasteiger partial charge in [-0.15, -0.1) is 0 Å². The molecular formula is C22H35N7. The van der Waals surface area contributed by atoms with E-state index >= 15 is 0 Å². The molecule has 29 heavy (non-hydrogen) atoms. The smallest absolute Gasteiger partial charge is 0.147 e. The lowest BCUT2D eigenvalue weighted by Crippen LogP contribution is -2.51. The van der Waals surface area contributed by atoms with Gasteiger partial charge in [-0.1, -0.05) is 25.5 Å². The molecule has 0 aromatic carbocycles. The number of nitrogens with zero attached hydrogens (tertiary/aromatic N) is 5. The number of aliphatic imine (C=N–C) groups is 1. The second-order valence-corrected chi connectivity index (χ2v) is 8.15. The van der Waals surface area contributed by atoms with E-state index in [0.717, 1.165) is 17.0 Å². The van der Waals surface area contributed by atoms with Crippen LogP contribution in [0.3, 0.4) is 0 Å². The van der Waals surface area contributed by atoms with Crippen molar-refractivity contribution in [3.05, 3.63) is 49.0 Å². The molecule has 0 saturated heterocycles. The maximum atomic E-state index is 5.04. The zero-order valence-corrected chi connectivity index (χ0v) is 18.4. The van der Waals surface area contributed by atoms with Crippen LogP contribution >= 0.6 is 0 Å². The van der Waals surface area contributed by atoms with Crippen LogP contribution in [0.5, 0.6) is 0 Å². The molecule has 1 aromatic heterocycles. The van der Waals surface area contributed by atoms with Crippen molar-refractivity contribution >= 4 is 11.4 Å². The molecule has 3 rings (SSSR count). The Hall–Kier alpha value is -2.38. The Kier molecular flexibility index (Phi) is 6.59. The highest BCUT2D eigenvalue weighted by molar-refractivity contribution is 5.95. The first-order valence-electron chi connectivity index (χ1n) is 10.4. The Balaban J connectivity index is 1.70. The Bertz CT molecular complexity index is 806. The van der Waals surface area contributed by atoms with Crippen LogP contribution in [0.2, 0.25) is 0 Å². The fourth-order valence-electron chi connectivity index (χ4n) is 4.13. The second-order valence-electron chi connectivity index (χ2n) is 8.15. The fraction of sp³-hybridized carbons (Fsp3) is 0.545. The van der Waals surface area contributed by atoms with E-state index in [9.17, 15) is 0 Å². The van der Waals surface area contributed by atoms with Gasteiger partial charge in [0, 0.05) is 56.8 Å². The molecule has 1 fully saturated rings. The molecule has 1 aliphatic heterocycles. The number of likely N-dealkylation sites (N-methyl/N-ethyl adjacent to an activating group) is 3. The van der Waals surface area contributed by atoms with Crippen molar-refractivity contribution in [2.24, 2.45) is 12.0 Å². The van der Waals surface area contributed by atoms with Crippen LogP contribution in [-0.2, 0) is 7.05 Å². The Morgan fingerprint density at radius 3 is 2.76 bits per heavy atom. The summed E-state index contributed by atoms with van der Waals surface area (Å²) in [6.07, 6.45) is 16.9. The van der Waals surface area contributed by atoms with E-state index < -0.39 is 5.66 Å². The van der Waals surface area contributed by atoms with Crippen LogP contribution in [-0.4, -0.2) is 64.4 Å². The molecule has 3 atom stereocenters. The maximum Gasteiger partial charge on any atom is 0.147 e. The zero-order chi connectivity index (χ0) is 21.0. The molecule has 0 radical (unpaired) electrons. The third-order valence-corrected chi connectivity index (χ3v) is 6.20. The molecular weight excluding hydrogens is 362 g/mol. The molecule has 3 unspecified atom stereocenters. The largest absolute Gasteiger partial charge is 0.355 e. The van der Waals surface area contributed by atoms with Gasteiger partial charge in [0.1, 0.15) is 11.5 Å². The number of amidine groups is 1. The number of rotatable bonds is 7. The highest BCUT2D eigenvalue weighted by Crippen LogP contribution is 2.27. The van der Waals surface area contributed by atoms with Gasteiger partial charge in [0.05, 0.1) is 6.20 Å². The fourth-order valence-corrected chi connectivity index (χ4v) is 4.13. The topological polar surface area (TPSA) is 60.7 Å². The van der Waals surface area contributed by atoms with E-state index in [2.05, 4.69) is 60.5 Å². The third kappa shape index (κ3) is 4.62. The van der Waals surface area contributed by atoms with Crippen LogP contribution in [0.15, 0.2) is 48.4 Å². The minimum atomic E-state index is -0.453. The number of aryl methyl sites for hydroxylation is 1. The number of hydrogen-bond donors (Lipinski definition) is 2. The summed E-state index contributed by atoms with van der Waals surface area (Å²) < 4.78 is 1.79. The van der Waals surface area contributed by atoms with E-state index in [1.54, 1.807) is 4.68 Å². The quantitative estimate of drug-likeness (QED) is 0.547. The molecule has 2 heterocycles. The van der Waals surface area contributed by atoms with Gasteiger partial charge >= 0.3 is 0 Å². The Morgan fingerprint density at radius 2 is 2.10 bits per heavy atom. The predicted molar refractivity (Wildman–Crippen MR) is 120 cm³/mol. The number of aromatic nitrogens is 2. The average molecular weight is 398 g/mol. The molecule has 158 valence electrons. The van der Waals surface area contributed by atoms with Gasteiger partial charge < -0.3 is 15.6 Å². The molecule has 0 amide bonds. The van der Waals surface area contributed by atoms with Crippen molar-refractivity contribution in [2.75, 3.05) is 21.1 Å². The Morgan fingerprint density at radius 1 is 1.34 bits per heavy atom. The highest BCUT2D eigenvalue weighted by Gasteiger charge is 2.34. The summed E-state index contributed by atoms with van der Waals surface area (Å²) in [5.41, 5.74) is 4.91. The van der Waals surface area contributed by atoms with Gasteiger partial charge in [-0.05, 0) is 39.0 Å². The van der Waals surface area contributed by atoms with Gasteiger partial charge in [-0.25, -0.2) is 4.99 Å². The number of hydrogen-bond acceptors (Lipinski definition) is 6. The number of allylic oxidation sites excluding steroid dienone is 2. The summed E-state index contributed by atoms with van der Waals surface area (Å²) in [6.45, 7) is 6.03. The number of nitrogens with one attached hydrogen (secondary N) is 2. The first-order valence-corrected chi connectivity index (χ1v) is 10.4. The second kappa shape index (κ2) is 8.97. The minimum Gasteiger partial charge on any atom is -0.355 e. The lowest BCUT2D eigenvalue weighted by molar-refractivity contribution is 0.150. The zero-order valence-electron chi connectivity index (χ0n) is 18.4. The van der Waals surface area contributed by atoms with Crippen molar-refractivity contribution in [1.82, 2.24) is 30.4 Å². The maximum absolute atomic E-state index is 5.04. The normalized spacial score (nSPS) is 27.2. The summed E-state index contributed by atoms with van der Waals surface area (Å²) in [5, 5.41) is 9.74. The van der Waals surface area contributed by atoms with Gasteiger partial charge in [0.15, 0.2) is 0 Å². The summed E-state index contributed by atoms with van der Waals surface area (Å²) >= 11 is 0. The number of hydrazine groups is 1. The summed E-state index contributed by atoms with van der Waals surface area (Å²) in [7, 11) is 8.15. The van der Waals surface area contributed by atoms with Crippen molar-refractivity contribution in [3.8, 4) is 0 Å². The molecule has 1 saturated carbocycles. The lowest BCUT2D eigenvalue weighted by atomic mass is 9.89. The molecule has 7 nitrogen and oxygen atoms in total. The van der Waals surface area contributed by atoms with Crippen LogP contribution in [0.25, 0.3) is 5.57 Å². The van der Waals surface area contributed by atoms with Gasteiger partial charge in [-0.3, -0.25) is 4.68 Å². The van der Waals surface area contributed by atoms with E-state index in [4.69, 9.17) is 4.99 Å². The van der Waals surface area contributed by atoms with E-state index in [1.807, 2.05) is 43.8 Å². The molecule has 1 aliphatic carbocycles. The molecule has 0 spiro atoms. The van der Waals surface area contributed by atoms with Crippen LogP contribution < -0.4 is 10.7 Å².